The van der Waals surface area contributed by atoms with Crippen molar-refractivity contribution in [2.24, 2.45) is 5.10 Å². The number of nitrogens with one attached hydrogen (secondary N) is 1. The predicted octanol–water partition coefficient (Wildman–Crippen LogP) is 1.52. The zero-order valence-corrected chi connectivity index (χ0v) is 16.2. The third kappa shape index (κ3) is 3.71. The van der Waals surface area contributed by atoms with Gasteiger partial charge in [0.25, 0.3) is 5.56 Å². The fraction of sp³-hybridized carbons (Fsp3) is 0.300. The molecule has 1 aliphatic rings. The van der Waals surface area contributed by atoms with E-state index in [1.54, 1.807) is 26.2 Å². The van der Waals surface area contributed by atoms with Crippen molar-refractivity contribution in [1.29, 1.82) is 0 Å². The minimum absolute atomic E-state index is 0.0151. The molecule has 1 amide bonds. The molecule has 3 rings (SSSR count). The number of hydrogen-bond donors (Lipinski definition) is 2. The van der Waals surface area contributed by atoms with E-state index in [-0.39, 0.29) is 36.6 Å². The number of benzene rings is 1. The van der Waals surface area contributed by atoms with E-state index < -0.39 is 23.2 Å². The second kappa shape index (κ2) is 8.17. The average Bonchev–Trinajstić information content (AvgIpc) is 3.15. The number of amides is 1. The normalized spacial score (nSPS) is 15.9. The van der Waals surface area contributed by atoms with Gasteiger partial charge in [0.05, 0.1) is 18.9 Å². The summed E-state index contributed by atoms with van der Waals surface area (Å²) in [6.07, 6.45) is 1.86. The van der Waals surface area contributed by atoms with Gasteiger partial charge >= 0.3 is 5.69 Å². The van der Waals surface area contributed by atoms with Crippen LogP contribution in [0.25, 0.3) is 0 Å². The molecule has 29 heavy (non-hydrogen) atoms. The van der Waals surface area contributed by atoms with E-state index in [4.69, 9.17) is 4.74 Å². The Labute approximate surface area is 166 Å². The summed E-state index contributed by atoms with van der Waals surface area (Å²) in [5.41, 5.74) is -0.601. The molecule has 1 aromatic carbocycles. The van der Waals surface area contributed by atoms with Crippen LogP contribution in [0.4, 0.5) is 0 Å². The molecule has 0 saturated carbocycles. The van der Waals surface area contributed by atoms with Crippen molar-refractivity contribution in [3.8, 4) is 11.6 Å². The molecule has 0 saturated heterocycles. The van der Waals surface area contributed by atoms with Crippen molar-refractivity contribution in [3.63, 3.8) is 0 Å². The summed E-state index contributed by atoms with van der Waals surface area (Å²) >= 11 is 0. The molecule has 9 heteroatoms. The Balaban J connectivity index is 2.08. The lowest BCUT2D eigenvalue weighted by Crippen LogP contribution is -2.33. The molecule has 0 spiro atoms. The van der Waals surface area contributed by atoms with Crippen molar-refractivity contribution >= 4 is 11.6 Å². The summed E-state index contributed by atoms with van der Waals surface area (Å²) < 4.78 is 6.15. The number of hydrazone groups is 1. The number of allylic oxidation sites excluding steroid dienone is 1. The van der Waals surface area contributed by atoms with E-state index in [9.17, 15) is 19.5 Å². The van der Waals surface area contributed by atoms with Gasteiger partial charge in [0.2, 0.25) is 11.8 Å². The first kappa shape index (κ1) is 20.1. The summed E-state index contributed by atoms with van der Waals surface area (Å²) in [5, 5.41) is 16.2. The largest absolute Gasteiger partial charge is 0.497 e. The average molecular weight is 398 g/mol. The van der Waals surface area contributed by atoms with E-state index in [1.165, 1.54) is 11.1 Å². The molecule has 9 nitrogen and oxygen atoms in total. The molecule has 2 N–H and O–H groups in total. The van der Waals surface area contributed by atoms with Crippen LogP contribution >= 0.6 is 0 Å². The molecule has 0 fully saturated rings. The van der Waals surface area contributed by atoms with Crippen molar-refractivity contribution in [2.75, 3.05) is 7.11 Å². The van der Waals surface area contributed by atoms with Crippen LogP contribution in [-0.4, -0.2) is 38.4 Å². The van der Waals surface area contributed by atoms with Crippen LogP contribution < -0.4 is 16.0 Å². The lowest BCUT2D eigenvalue weighted by Gasteiger charge is -2.21. The number of nitrogens with zero attached hydrogens (tertiary/aromatic N) is 3. The van der Waals surface area contributed by atoms with Crippen LogP contribution in [0, 0.1) is 0 Å². The van der Waals surface area contributed by atoms with Crippen LogP contribution in [0.3, 0.4) is 0 Å². The maximum atomic E-state index is 12.5. The van der Waals surface area contributed by atoms with Gasteiger partial charge in [-0.1, -0.05) is 25.1 Å². The highest BCUT2D eigenvalue weighted by molar-refractivity contribution is 6.04. The van der Waals surface area contributed by atoms with E-state index in [0.717, 1.165) is 10.1 Å². The summed E-state index contributed by atoms with van der Waals surface area (Å²) in [6, 6.07) is 6.75. The first-order valence-corrected chi connectivity index (χ1v) is 9.12. The van der Waals surface area contributed by atoms with Gasteiger partial charge in [-0.15, -0.1) is 6.58 Å². The number of aromatic nitrogens is 2. The number of aromatic amines is 1. The molecule has 1 atom stereocenters. The number of rotatable bonds is 6. The monoisotopic (exact) mass is 398 g/mol. The number of H-pyrrole nitrogens is 1. The van der Waals surface area contributed by atoms with Crippen LogP contribution in [0.1, 0.15) is 36.9 Å². The SMILES string of the molecule is C=CCn1c(O)c(C2=NN(C(=O)CC)[C@@H](c3ccc(OC)cc3)C2)c(=O)[nH]c1=O. The molecule has 1 aromatic heterocycles. The fourth-order valence-corrected chi connectivity index (χ4v) is 3.26. The smallest absolute Gasteiger partial charge is 0.331 e. The predicted molar refractivity (Wildman–Crippen MR) is 107 cm³/mol. The van der Waals surface area contributed by atoms with Gasteiger partial charge in [-0.05, 0) is 17.7 Å². The summed E-state index contributed by atoms with van der Waals surface area (Å²) in [5.74, 6) is -0.0559. The molecule has 0 radical (unpaired) electrons. The molecule has 0 bridgehead atoms. The maximum Gasteiger partial charge on any atom is 0.331 e. The van der Waals surface area contributed by atoms with Crippen LogP contribution in [-0.2, 0) is 11.3 Å². The lowest BCUT2D eigenvalue weighted by atomic mass is 9.99. The van der Waals surface area contributed by atoms with Gasteiger partial charge in [0, 0.05) is 19.4 Å². The van der Waals surface area contributed by atoms with Crippen LogP contribution in [0.5, 0.6) is 11.6 Å². The Morgan fingerprint density at radius 1 is 1.38 bits per heavy atom. The first-order valence-electron chi connectivity index (χ1n) is 9.12. The third-order valence-electron chi connectivity index (χ3n) is 4.74. The van der Waals surface area contributed by atoms with Gasteiger partial charge in [-0.2, -0.15) is 5.10 Å². The molecular weight excluding hydrogens is 376 g/mol. The van der Waals surface area contributed by atoms with E-state index >= 15 is 0 Å². The van der Waals surface area contributed by atoms with Crippen LogP contribution in [0.15, 0.2) is 51.6 Å². The highest BCUT2D eigenvalue weighted by Gasteiger charge is 2.35. The molecule has 2 aromatic rings. The molecule has 0 aliphatic carbocycles. The van der Waals surface area contributed by atoms with Gasteiger partial charge < -0.3 is 9.84 Å². The third-order valence-corrected chi connectivity index (χ3v) is 4.74. The van der Waals surface area contributed by atoms with Crippen molar-refractivity contribution in [3.05, 3.63) is 68.9 Å². The van der Waals surface area contributed by atoms with Crippen molar-refractivity contribution in [2.45, 2.75) is 32.4 Å². The van der Waals surface area contributed by atoms with Crippen LogP contribution in [0.2, 0.25) is 0 Å². The van der Waals surface area contributed by atoms with E-state index in [1.807, 2.05) is 12.1 Å². The van der Waals surface area contributed by atoms with Gasteiger partial charge in [-0.3, -0.25) is 19.1 Å². The Bertz CT molecular complexity index is 1080. The molecule has 0 unspecified atom stereocenters. The van der Waals surface area contributed by atoms with Gasteiger partial charge in [0.15, 0.2) is 0 Å². The number of methoxy groups -OCH3 is 1. The minimum atomic E-state index is -0.758. The second-order valence-corrected chi connectivity index (χ2v) is 6.49. The number of aromatic hydroxyl groups is 1. The Hall–Kier alpha value is -3.62. The maximum absolute atomic E-state index is 12.5. The topological polar surface area (TPSA) is 117 Å². The summed E-state index contributed by atoms with van der Waals surface area (Å²) in [4.78, 5) is 39.0. The molecular formula is C20H22N4O5. The molecule has 1 aliphatic heterocycles. The van der Waals surface area contributed by atoms with Gasteiger partial charge in [-0.25, -0.2) is 9.80 Å². The molecule has 2 heterocycles. The summed E-state index contributed by atoms with van der Waals surface area (Å²) in [6.45, 7) is 5.28. The fourth-order valence-electron chi connectivity index (χ4n) is 3.26. The number of carbonyl (C=O) groups excluding carboxylic acids is 1. The van der Waals surface area contributed by atoms with Crippen molar-refractivity contribution < 1.29 is 14.6 Å². The second-order valence-electron chi connectivity index (χ2n) is 6.49. The number of carbonyl (C=O) groups is 1. The molecule has 152 valence electrons. The summed E-state index contributed by atoms with van der Waals surface area (Å²) in [7, 11) is 1.56. The first-order chi connectivity index (χ1) is 13.9. The quantitative estimate of drug-likeness (QED) is 0.716. The lowest BCUT2D eigenvalue weighted by molar-refractivity contribution is -0.132. The van der Waals surface area contributed by atoms with E-state index in [0.29, 0.717) is 5.75 Å². The highest BCUT2D eigenvalue weighted by Crippen LogP contribution is 2.34. The minimum Gasteiger partial charge on any atom is -0.497 e. The van der Waals surface area contributed by atoms with Crippen molar-refractivity contribution in [1.82, 2.24) is 14.6 Å². The number of ether oxygens (including phenoxy) is 1. The Kier molecular flexibility index (Phi) is 5.67. The highest BCUT2D eigenvalue weighted by atomic mass is 16.5. The van der Waals surface area contributed by atoms with E-state index in [2.05, 4.69) is 16.7 Å². The zero-order valence-electron chi connectivity index (χ0n) is 16.2. The zero-order chi connectivity index (χ0) is 21.1. The standard InChI is InChI=1S/C20H22N4O5/c1-4-10-23-19(27)17(18(26)21-20(23)28)14-11-15(24(22-14)16(25)5-2)12-6-8-13(29-3)9-7-12/h4,6-9,15,27H,1,5,10-11H2,2-3H3,(H,21,26,28)/t15-/m1/s1. The Morgan fingerprint density at radius 3 is 2.66 bits per heavy atom. The Morgan fingerprint density at radius 2 is 2.07 bits per heavy atom. The number of hydrogen-bond acceptors (Lipinski definition) is 6. The van der Waals surface area contributed by atoms with Gasteiger partial charge in [0.1, 0.15) is 11.3 Å².